The fourth-order valence-corrected chi connectivity index (χ4v) is 2.89. The number of likely N-dealkylation sites (N-methyl/N-ethyl adjacent to an activating group) is 1. The van der Waals surface area contributed by atoms with E-state index in [-0.39, 0.29) is 0 Å². The summed E-state index contributed by atoms with van der Waals surface area (Å²) in [4.78, 5) is 16.1. The number of nitrogens with zero attached hydrogens (tertiary/aromatic N) is 2. The molecule has 0 bridgehead atoms. The Hall–Kier alpha value is -0.610. The summed E-state index contributed by atoms with van der Waals surface area (Å²) in [6.07, 6.45) is 4.01. The molecule has 1 atom stereocenters. The number of ether oxygens (including phenoxy) is 1. The van der Waals surface area contributed by atoms with Crippen molar-refractivity contribution in [2.45, 2.75) is 44.7 Å². The van der Waals surface area contributed by atoms with E-state index in [0.29, 0.717) is 24.4 Å². The molecule has 1 amide bonds. The summed E-state index contributed by atoms with van der Waals surface area (Å²) >= 11 is 0. The molecule has 4 nitrogen and oxygen atoms in total. The molecule has 0 radical (unpaired) electrons. The lowest BCUT2D eigenvalue weighted by Crippen LogP contribution is -2.48. The average Bonchev–Trinajstić information content (AvgIpc) is 2.91. The van der Waals surface area contributed by atoms with Gasteiger partial charge in [-0.05, 0) is 26.3 Å². The lowest BCUT2D eigenvalue weighted by Gasteiger charge is -2.39. The van der Waals surface area contributed by atoms with Crippen LogP contribution < -0.4 is 0 Å². The van der Waals surface area contributed by atoms with Gasteiger partial charge in [-0.3, -0.25) is 9.69 Å². The molecule has 2 saturated heterocycles. The molecule has 2 aliphatic heterocycles. The van der Waals surface area contributed by atoms with E-state index in [1.54, 1.807) is 0 Å². The maximum Gasteiger partial charge on any atom is 0.222 e. The molecule has 0 spiro atoms. The molecule has 0 N–H and O–H groups in total. The summed E-state index contributed by atoms with van der Waals surface area (Å²) in [5.41, 5.74) is 0. The van der Waals surface area contributed by atoms with Crippen LogP contribution in [-0.2, 0) is 9.53 Å². The first-order chi connectivity index (χ1) is 8.22. The Morgan fingerprint density at radius 1 is 1.29 bits per heavy atom. The Morgan fingerprint density at radius 3 is 2.53 bits per heavy atom. The number of amides is 1. The number of rotatable bonds is 3. The van der Waals surface area contributed by atoms with Crippen molar-refractivity contribution < 1.29 is 9.53 Å². The normalized spacial score (nSPS) is 26.8. The minimum atomic E-state index is 0.301. The van der Waals surface area contributed by atoms with Crippen LogP contribution in [0.15, 0.2) is 0 Å². The van der Waals surface area contributed by atoms with E-state index in [9.17, 15) is 4.79 Å². The van der Waals surface area contributed by atoms with Crippen LogP contribution in [0.3, 0.4) is 0 Å². The third-order valence-corrected chi connectivity index (χ3v) is 4.18. The molecule has 2 heterocycles. The van der Waals surface area contributed by atoms with Gasteiger partial charge in [-0.1, -0.05) is 6.92 Å². The summed E-state index contributed by atoms with van der Waals surface area (Å²) in [6.45, 7) is 5.58. The summed E-state index contributed by atoms with van der Waals surface area (Å²) in [5.74, 6) is 0.301. The summed E-state index contributed by atoms with van der Waals surface area (Å²) in [5, 5.41) is 0. The molecule has 0 aromatic carbocycles. The predicted molar refractivity (Wildman–Crippen MR) is 66.9 cm³/mol. The number of piperidine rings is 1. The Bertz CT molecular complexity index is 256. The lowest BCUT2D eigenvalue weighted by molar-refractivity contribution is -0.132. The first kappa shape index (κ1) is 12.8. The smallest absolute Gasteiger partial charge is 0.222 e. The van der Waals surface area contributed by atoms with Crippen LogP contribution in [0.4, 0.5) is 0 Å². The van der Waals surface area contributed by atoms with Crippen LogP contribution in [0.25, 0.3) is 0 Å². The second-order valence-corrected chi connectivity index (χ2v) is 5.15. The second-order valence-electron chi connectivity index (χ2n) is 5.15. The van der Waals surface area contributed by atoms with Gasteiger partial charge in [0.25, 0.3) is 0 Å². The van der Waals surface area contributed by atoms with Gasteiger partial charge >= 0.3 is 0 Å². The molecular formula is C13H24N2O2. The first-order valence-corrected chi connectivity index (χ1v) is 6.79. The molecule has 98 valence electrons. The number of hydrogen-bond acceptors (Lipinski definition) is 3. The largest absolute Gasteiger partial charge is 0.380 e. The van der Waals surface area contributed by atoms with E-state index in [0.717, 1.165) is 45.6 Å². The number of carbonyl (C=O) groups excluding carboxylic acids is 1. The molecule has 0 aromatic rings. The van der Waals surface area contributed by atoms with Crippen LogP contribution in [0.2, 0.25) is 0 Å². The van der Waals surface area contributed by atoms with E-state index in [1.165, 1.54) is 0 Å². The molecule has 4 heteroatoms. The molecule has 2 aliphatic rings. The topological polar surface area (TPSA) is 32.8 Å². The van der Waals surface area contributed by atoms with Gasteiger partial charge in [0.1, 0.15) is 0 Å². The van der Waals surface area contributed by atoms with E-state index in [2.05, 4.69) is 11.9 Å². The number of carbonyl (C=O) groups is 1. The predicted octanol–water partition coefficient (Wildman–Crippen LogP) is 1.11. The Balaban J connectivity index is 1.79. The molecule has 2 rings (SSSR count). The molecule has 2 fully saturated rings. The van der Waals surface area contributed by atoms with Crippen molar-refractivity contribution in [2.24, 2.45) is 0 Å². The summed E-state index contributed by atoms with van der Waals surface area (Å²) < 4.78 is 5.44. The zero-order chi connectivity index (χ0) is 12.3. The van der Waals surface area contributed by atoms with Gasteiger partial charge in [-0.15, -0.1) is 0 Å². The molecule has 0 aromatic heterocycles. The van der Waals surface area contributed by atoms with Crippen molar-refractivity contribution in [1.82, 2.24) is 9.80 Å². The minimum absolute atomic E-state index is 0.301. The highest BCUT2D eigenvalue weighted by molar-refractivity contribution is 5.75. The molecule has 0 aliphatic carbocycles. The van der Waals surface area contributed by atoms with Crippen molar-refractivity contribution in [3.63, 3.8) is 0 Å². The van der Waals surface area contributed by atoms with Gasteiger partial charge in [-0.2, -0.15) is 0 Å². The summed E-state index contributed by atoms with van der Waals surface area (Å²) in [7, 11) is 2.21. The summed E-state index contributed by atoms with van der Waals surface area (Å²) in [6, 6.07) is 1.22. The zero-order valence-electron chi connectivity index (χ0n) is 11.0. The van der Waals surface area contributed by atoms with E-state index < -0.39 is 0 Å². The monoisotopic (exact) mass is 240 g/mol. The van der Waals surface area contributed by atoms with Crippen molar-refractivity contribution in [3.05, 3.63) is 0 Å². The molecular weight excluding hydrogens is 216 g/mol. The fraction of sp³-hybridized carbons (Fsp3) is 0.923. The molecule has 17 heavy (non-hydrogen) atoms. The number of likely N-dealkylation sites (tertiary alicyclic amines) is 1. The maximum atomic E-state index is 11.6. The van der Waals surface area contributed by atoms with Crippen molar-refractivity contribution >= 4 is 5.91 Å². The highest BCUT2D eigenvalue weighted by Crippen LogP contribution is 2.21. The van der Waals surface area contributed by atoms with E-state index in [1.807, 2.05) is 11.8 Å². The van der Waals surface area contributed by atoms with Gasteiger partial charge in [0.05, 0.1) is 6.61 Å². The third kappa shape index (κ3) is 2.99. The van der Waals surface area contributed by atoms with E-state index in [4.69, 9.17) is 4.74 Å². The molecule has 0 saturated carbocycles. The standard InChI is InChI=1S/C13H24N2O2/c1-3-13(16)15-7-4-11(5-8-15)14(2)12-6-9-17-10-12/h11-12H,3-10H2,1-2H3/t12-/m1/s1. The van der Waals surface area contributed by atoms with Crippen LogP contribution >= 0.6 is 0 Å². The highest BCUT2D eigenvalue weighted by Gasteiger charge is 2.29. The minimum Gasteiger partial charge on any atom is -0.380 e. The average molecular weight is 240 g/mol. The quantitative estimate of drug-likeness (QED) is 0.741. The van der Waals surface area contributed by atoms with Gasteiger partial charge in [0.2, 0.25) is 5.91 Å². The SMILES string of the molecule is CCC(=O)N1CCC(N(C)[C@@H]2CCOC2)CC1. The van der Waals surface area contributed by atoms with Gasteiger partial charge in [-0.25, -0.2) is 0 Å². The zero-order valence-corrected chi connectivity index (χ0v) is 11.0. The Labute approximate surface area is 104 Å². The first-order valence-electron chi connectivity index (χ1n) is 6.79. The highest BCUT2D eigenvalue weighted by atomic mass is 16.5. The number of hydrogen-bond donors (Lipinski definition) is 0. The Morgan fingerprint density at radius 2 is 2.00 bits per heavy atom. The van der Waals surface area contributed by atoms with Gasteiger partial charge in [0.15, 0.2) is 0 Å². The maximum absolute atomic E-state index is 11.6. The van der Waals surface area contributed by atoms with Crippen molar-refractivity contribution in [1.29, 1.82) is 0 Å². The fourth-order valence-electron chi connectivity index (χ4n) is 2.89. The van der Waals surface area contributed by atoms with Crippen LogP contribution in [0.5, 0.6) is 0 Å². The van der Waals surface area contributed by atoms with Crippen LogP contribution in [0, 0.1) is 0 Å². The lowest BCUT2D eigenvalue weighted by atomic mass is 10.0. The second kappa shape index (κ2) is 5.83. The van der Waals surface area contributed by atoms with Crippen LogP contribution in [0.1, 0.15) is 32.6 Å². The Kier molecular flexibility index (Phi) is 4.40. The third-order valence-electron chi connectivity index (χ3n) is 4.18. The van der Waals surface area contributed by atoms with E-state index >= 15 is 0 Å². The van der Waals surface area contributed by atoms with Gasteiger partial charge in [0, 0.05) is 38.2 Å². The van der Waals surface area contributed by atoms with Crippen molar-refractivity contribution in [2.75, 3.05) is 33.4 Å². The van der Waals surface area contributed by atoms with Gasteiger partial charge < -0.3 is 9.64 Å². The van der Waals surface area contributed by atoms with Crippen LogP contribution in [-0.4, -0.2) is 61.1 Å². The van der Waals surface area contributed by atoms with Crippen molar-refractivity contribution in [3.8, 4) is 0 Å². The molecule has 0 unspecified atom stereocenters.